The summed E-state index contributed by atoms with van der Waals surface area (Å²) in [6.45, 7) is 4.86. The largest absolute Gasteiger partial charge is 0.494 e. The molecule has 0 aliphatic heterocycles. The minimum Gasteiger partial charge on any atom is -0.494 e. The molecule has 3 rings (SSSR count). The van der Waals surface area contributed by atoms with E-state index < -0.39 is 0 Å². The summed E-state index contributed by atoms with van der Waals surface area (Å²) in [7, 11) is 1.76. The number of aromatic nitrogens is 1. The molecule has 0 saturated carbocycles. The van der Waals surface area contributed by atoms with Crippen molar-refractivity contribution in [3.63, 3.8) is 0 Å². The predicted molar refractivity (Wildman–Crippen MR) is 110 cm³/mol. The van der Waals surface area contributed by atoms with Crippen molar-refractivity contribution in [3.8, 4) is 22.4 Å². The van der Waals surface area contributed by atoms with Gasteiger partial charge in [-0.05, 0) is 55.8 Å². The summed E-state index contributed by atoms with van der Waals surface area (Å²) in [6, 6.07) is 17.1. The Morgan fingerprint density at radius 2 is 2.00 bits per heavy atom. The molecule has 0 spiro atoms. The smallest absolute Gasteiger partial charge is 0.265 e. The van der Waals surface area contributed by atoms with Gasteiger partial charge in [0, 0.05) is 19.2 Å². The molecule has 1 aromatic heterocycles. The van der Waals surface area contributed by atoms with Crippen LogP contribution in [0, 0.1) is 18.3 Å². The first-order valence-electron chi connectivity index (χ1n) is 8.97. The third-order valence-corrected chi connectivity index (χ3v) is 5.42. The van der Waals surface area contributed by atoms with Crippen LogP contribution < -0.4 is 4.74 Å². The van der Waals surface area contributed by atoms with Crippen LogP contribution in [0.5, 0.6) is 5.75 Å². The van der Waals surface area contributed by atoms with E-state index in [-0.39, 0.29) is 5.91 Å². The topological polar surface area (TPSA) is 66.2 Å². The fraction of sp³-hybridized carbons (Fsp3) is 0.227. The number of nitriles is 1. The second-order valence-electron chi connectivity index (χ2n) is 6.36. The molecular formula is C22H21N3O2S. The van der Waals surface area contributed by atoms with Gasteiger partial charge in [-0.15, -0.1) is 11.3 Å². The zero-order valence-corrected chi connectivity index (χ0v) is 16.9. The number of ether oxygens (including phenoxy) is 1. The molecular weight excluding hydrogens is 370 g/mol. The van der Waals surface area contributed by atoms with E-state index in [2.05, 4.69) is 11.1 Å². The molecule has 0 N–H and O–H groups in total. The van der Waals surface area contributed by atoms with Crippen LogP contribution in [0.4, 0.5) is 0 Å². The Morgan fingerprint density at radius 1 is 1.25 bits per heavy atom. The first kappa shape index (κ1) is 19.6. The van der Waals surface area contributed by atoms with Crippen LogP contribution in [0.3, 0.4) is 0 Å². The summed E-state index contributed by atoms with van der Waals surface area (Å²) in [5.41, 5.74) is 3.19. The monoisotopic (exact) mass is 391 g/mol. The summed E-state index contributed by atoms with van der Waals surface area (Å²) >= 11 is 1.39. The normalized spacial score (nSPS) is 10.4. The van der Waals surface area contributed by atoms with Gasteiger partial charge in [0.05, 0.1) is 23.9 Å². The van der Waals surface area contributed by atoms with E-state index in [4.69, 9.17) is 10.00 Å². The van der Waals surface area contributed by atoms with E-state index >= 15 is 0 Å². The van der Waals surface area contributed by atoms with Crippen LogP contribution in [0.15, 0.2) is 48.5 Å². The van der Waals surface area contributed by atoms with Gasteiger partial charge in [-0.3, -0.25) is 4.79 Å². The second kappa shape index (κ2) is 8.68. The summed E-state index contributed by atoms with van der Waals surface area (Å²) in [5.74, 6) is 0.740. The number of aryl methyl sites for hydroxylation is 1. The van der Waals surface area contributed by atoms with E-state index in [9.17, 15) is 4.79 Å². The van der Waals surface area contributed by atoms with Crippen LogP contribution >= 0.6 is 11.3 Å². The molecule has 0 aliphatic rings. The quantitative estimate of drug-likeness (QED) is 0.613. The molecule has 0 bridgehead atoms. The zero-order chi connectivity index (χ0) is 20.1. The van der Waals surface area contributed by atoms with Gasteiger partial charge in [-0.1, -0.05) is 12.1 Å². The summed E-state index contributed by atoms with van der Waals surface area (Å²) in [4.78, 5) is 19.8. The number of nitrogens with zero attached hydrogens (tertiary/aromatic N) is 3. The number of carbonyl (C=O) groups is 1. The van der Waals surface area contributed by atoms with E-state index in [0.717, 1.165) is 27.6 Å². The van der Waals surface area contributed by atoms with Crippen molar-refractivity contribution < 1.29 is 9.53 Å². The van der Waals surface area contributed by atoms with Crippen molar-refractivity contribution in [2.45, 2.75) is 20.4 Å². The van der Waals surface area contributed by atoms with E-state index in [1.807, 2.05) is 50.2 Å². The van der Waals surface area contributed by atoms with Gasteiger partial charge in [0.15, 0.2) is 0 Å². The Bertz CT molecular complexity index is 1020. The molecule has 0 fully saturated rings. The summed E-state index contributed by atoms with van der Waals surface area (Å²) in [6.07, 6.45) is 0. The number of amides is 1. The van der Waals surface area contributed by atoms with Gasteiger partial charge < -0.3 is 9.64 Å². The van der Waals surface area contributed by atoms with E-state index in [1.54, 1.807) is 24.1 Å². The SMILES string of the molecule is CCOc1ccc(-c2nc(C)c(C(=O)N(C)Cc3cccc(C#N)c3)s2)cc1. The van der Waals surface area contributed by atoms with Crippen LogP contribution in [-0.2, 0) is 6.54 Å². The van der Waals surface area contributed by atoms with Crippen LogP contribution in [0.2, 0.25) is 0 Å². The number of carbonyl (C=O) groups excluding carboxylic acids is 1. The van der Waals surface area contributed by atoms with Gasteiger partial charge >= 0.3 is 0 Å². The van der Waals surface area contributed by atoms with Crippen molar-refractivity contribution in [2.24, 2.45) is 0 Å². The highest BCUT2D eigenvalue weighted by Gasteiger charge is 2.20. The molecule has 0 unspecified atom stereocenters. The zero-order valence-electron chi connectivity index (χ0n) is 16.1. The molecule has 5 nitrogen and oxygen atoms in total. The third-order valence-electron chi connectivity index (χ3n) is 4.23. The Hall–Kier alpha value is -3.17. The molecule has 0 saturated heterocycles. The molecule has 1 amide bonds. The maximum Gasteiger partial charge on any atom is 0.265 e. The average molecular weight is 391 g/mol. The molecule has 28 heavy (non-hydrogen) atoms. The summed E-state index contributed by atoms with van der Waals surface area (Å²) < 4.78 is 5.47. The van der Waals surface area contributed by atoms with Gasteiger partial charge in [-0.2, -0.15) is 5.26 Å². The Morgan fingerprint density at radius 3 is 2.68 bits per heavy atom. The maximum absolute atomic E-state index is 12.9. The lowest BCUT2D eigenvalue weighted by Crippen LogP contribution is -2.26. The molecule has 2 aromatic carbocycles. The van der Waals surface area contributed by atoms with Crippen molar-refractivity contribution in [1.82, 2.24) is 9.88 Å². The van der Waals surface area contributed by atoms with Crippen LogP contribution in [0.1, 0.15) is 33.4 Å². The molecule has 142 valence electrons. The Kier molecular flexibility index (Phi) is 6.07. The second-order valence-corrected chi connectivity index (χ2v) is 7.36. The van der Waals surface area contributed by atoms with E-state index in [1.165, 1.54) is 11.3 Å². The highest BCUT2D eigenvalue weighted by molar-refractivity contribution is 7.17. The van der Waals surface area contributed by atoms with Crippen molar-refractivity contribution in [1.29, 1.82) is 5.26 Å². The Labute approximate surface area is 168 Å². The average Bonchev–Trinajstić information content (AvgIpc) is 3.10. The molecule has 0 atom stereocenters. The molecule has 1 heterocycles. The number of benzene rings is 2. The standard InChI is InChI=1S/C22H21N3O2S/c1-4-27-19-10-8-18(9-11-19)21-24-15(2)20(28-21)22(26)25(3)14-17-7-5-6-16(12-17)13-23/h5-12H,4,14H2,1-3H3. The van der Waals surface area contributed by atoms with Crippen LogP contribution in [-0.4, -0.2) is 29.4 Å². The molecule has 0 aliphatic carbocycles. The lowest BCUT2D eigenvalue weighted by Gasteiger charge is -2.16. The molecule has 3 aromatic rings. The first-order valence-corrected chi connectivity index (χ1v) is 9.78. The fourth-order valence-corrected chi connectivity index (χ4v) is 3.90. The van der Waals surface area contributed by atoms with Crippen molar-refractivity contribution >= 4 is 17.2 Å². The lowest BCUT2D eigenvalue weighted by atomic mass is 10.1. The maximum atomic E-state index is 12.9. The Balaban J connectivity index is 1.77. The fourth-order valence-electron chi connectivity index (χ4n) is 2.84. The van der Waals surface area contributed by atoms with Gasteiger partial charge in [-0.25, -0.2) is 4.98 Å². The number of thiazole rings is 1. The number of hydrogen-bond donors (Lipinski definition) is 0. The number of hydrogen-bond acceptors (Lipinski definition) is 5. The summed E-state index contributed by atoms with van der Waals surface area (Å²) in [5, 5.41) is 9.84. The first-order chi connectivity index (χ1) is 13.5. The van der Waals surface area contributed by atoms with Crippen LogP contribution in [0.25, 0.3) is 10.6 Å². The van der Waals surface area contributed by atoms with Gasteiger partial charge in [0.1, 0.15) is 15.6 Å². The van der Waals surface area contributed by atoms with Gasteiger partial charge in [0.2, 0.25) is 0 Å². The number of rotatable bonds is 6. The molecule has 6 heteroatoms. The van der Waals surface area contributed by atoms with Crippen molar-refractivity contribution in [2.75, 3.05) is 13.7 Å². The van der Waals surface area contributed by atoms with Gasteiger partial charge in [0.25, 0.3) is 5.91 Å². The highest BCUT2D eigenvalue weighted by Crippen LogP contribution is 2.30. The van der Waals surface area contributed by atoms with Crippen molar-refractivity contribution in [3.05, 3.63) is 70.2 Å². The minimum atomic E-state index is -0.0745. The minimum absolute atomic E-state index is 0.0745. The molecule has 0 radical (unpaired) electrons. The third kappa shape index (κ3) is 4.38. The predicted octanol–water partition coefficient (Wildman–Crippen LogP) is 4.66. The highest BCUT2D eigenvalue weighted by atomic mass is 32.1. The van der Waals surface area contributed by atoms with E-state index in [0.29, 0.717) is 23.6 Å². The lowest BCUT2D eigenvalue weighted by molar-refractivity contribution is 0.0789.